The second-order valence-electron chi connectivity index (χ2n) is 3.13. The Hall–Kier alpha value is -1.04. The number of methoxy groups -OCH3 is 1. The molecule has 0 aliphatic carbocycles. The minimum Gasteiger partial charge on any atom is -0.496 e. The second-order valence-corrected chi connectivity index (χ2v) is 3.98. The highest BCUT2D eigenvalue weighted by Gasteiger charge is 2.41. The van der Waals surface area contributed by atoms with E-state index < -0.39 is 17.5 Å². The summed E-state index contributed by atoms with van der Waals surface area (Å²) in [5, 5.41) is 0. The lowest BCUT2D eigenvalue weighted by Crippen LogP contribution is -2.23. The maximum absolute atomic E-state index is 12.3. The van der Waals surface area contributed by atoms with Gasteiger partial charge < -0.3 is 4.74 Å². The van der Waals surface area contributed by atoms with Crippen molar-refractivity contribution in [3.63, 3.8) is 0 Å². The molecule has 0 aliphatic rings. The quantitative estimate of drug-likeness (QED) is 0.781. The van der Waals surface area contributed by atoms with Gasteiger partial charge in [-0.2, -0.15) is 13.2 Å². The van der Waals surface area contributed by atoms with Gasteiger partial charge in [0.05, 0.1) is 12.7 Å². The molecule has 88 valence electrons. The van der Waals surface area contributed by atoms with E-state index in [0.717, 1.165) is 6.07 Å². The van der Waals surface area contributed by atoms with Crippen molar-refractivity contribution in [3.05, 3.63) is 27.7 Å². The standard InChI is InChI=1S/C10H8BrF3O2/c1-5-3-8(16-2)6(4-7(5)11)9(15)10(12,13)14/h3-4H,1-2H3. The van der Waals surface area contributed by atoms with Gasteiger partial charge in [-0.3, -0.25) is 4.79 Å². The van der Waals surface area contributed by atoms with Crippen LogP contribution in [0, 0.1) is 6.92 Å². The fourth-order valence-corrected chi connectivity index (χ4v) is 1.50. The van der Waals surface area contributed by atoms with Gasteiger partial charge in [0, 0.05) is 4.47 Å². The highest BCUT2D eigenvalue weighted by Crippen LogP contribution is 2.31. The van der Waals surface area contributed by atoms with Gasteiger partial charge in [-0.15, -0.1) is 0 Å². The molecule has 0 fully saturated rings. The minimum absolute atomic E-state index is 0.0805. The molecule has 2 nitrogen and oxygen atoms in total. The van der Waals surface area contributed by atoms with E-state index in [1.807, 2.05) is 0 Å². The van der Waals surface area contributed by atoms with E-state index in [4.69, 9.17) is 4.74 Å². The zero-order chi connectivity index (χ0) is 12.5. The van der Waals surface area contributed by atoms with Crippen LogP contribution in [0.5, 0.6) is 5.75 Å². The first-order valence-electron chi connectivity index (χ1n) is 4.23. The van der Waals surface area contributed by atoms with Crippen LogP contribution in [0.25, 0.3) is 0 Å². The summed E-state index contributed by atoms with van der Waals surface area (Å²) in [5.74, 6) is -1.99. The molecule has 0 spiro atoms. The highest BCUT2D eigenvalue weighted by atomic mass is 79.9. The van der Waals surface area contributed by atoms with Gasteiger partial charge in [0.1, 0.15) is 5.75 Å². The van der Waals surface area contributed by atoms with Crippen molar-refractivity contribution < 1.29 is 22.7 Å². The van der Waals surface area contributed by atoms with E-state index in [0.29, 0.717) is 10.0 Å². The van der Waals surface area contributed by atoms with Crippen molar-refractivity contribution in [2.45, 2.75) is 13.1 Å². The van der Waals surface area contributed by atoms with Crippen LogP contribution in [0.4, 0.5) is 13.2 Å². The third-order valence-corrected chi connectivity index (χ3v) is 2.84. The lowest BCUT2D eigenvalue weighted by molar-refractivity contribution is -0.0886. The van der Waals surface area contributed by atoms with Crippen molar-refractivity contribution >= 4 is 21.7 Å². The van der Waals surface area contributed by atoms with E-state index in [9.17, 15) is 18.0 Å². The molecule has 0 atom stereocenters. The lowest BCUT2D eigenvalue weighted by atomic mass is 10.1. The smallest absolute Gasteiger partial charge is 0.455 e. The van der Waals surface area contributed by atoms with Crippen molar-refractivity contribution in [1.29, 1.82) is 0 Å². The number of ether oxygens (including phenoxy) is 1. The van der Waals surface area contributed by atoms with E-state index in [2.05, 4.69) is 15.9 Å². The van der Waals surface area contributed by atoms with Gasteiger partial charge in [0.2, 0.25) is 0 Å². The highest BCUT2D eigenvalue weighted by molar-refractivity contribution is 9.10. The van der Waals surface area contributed by atoms with Crippen LogP contribution in [-0.4, -0.2) is 19.1 Å². The molecule has 16 heavy (non-hydrogen) atoms. The summed E-state index contributed by atoms with van der Waals surface area (Å²) in [5.41, 5.74) is 0.197. The number of aryl methyl sites for hydroxylation is 1. The summed E-state index contributed by atoms with van der Waals surface area (Å²) in [4.78, 5) is 11.1. The molecule has 0 radical (unpaired) electrons. The van der Waals surface area contributed by atoms with E-state index in [1.165, 1.54) is 13.2 Å². The summed E-state index contributed by atoms with van der Waals surface area (Å²) < 4.78 is 42.0. The molecule has 1 aromatic rings. The molecule has 0 N–H and O–H groups in total. The maximum atomic E-state index is 12.3. The molecule has 0 bridgehead atoms. The number of carbonyl (C=O) groups is 1. The van der Waals surface area contributed by atoms with Crippen LogP contribution in [0.2, 0.25) is 0 Å². The molecule has 0 unspecified atom stereocenters. The Labute approximate surface area is 98.5 Å². The Bertz CT molecular complexity index is 427. The average molecular weight is 297 g/mol. The zero-order valence-electron chi connectivity index (χ0n) is 8.48. The number of hydrogen-bond donors (Lipinski definition) is 0. The van der Waals surface area contributed by atoms with Crippen LogP contribution in [0.1, 0.15) is 15.9 Å². The SMILES string of the molecule is COc1cc(C)c(Br)cc1C(=O)C(F)(F)F. The average Bonchev–Trinajstić information content (AvgIpc) is 2.19. The largest absolute Gasteiger partial charge is 0.496 e. The number of benzene rings is 1. The topological polar surface area (TPSA) is 26.3 Å². The number of Topliss-reactive ketones (excluding diaryl/α,β-unsaturated/α-hetero) is 1. The third kappa shape index (κ3) is 2.55. The van der Waals surface area contributed by atoms with Gasteiger partial charge in [-0.25, -0.2) is 0 Å². The Morgan fingerprint density at radius 3 is 2.38 bits per heavy atom. The predicted octanol–water partition coefficient (Wildman–Crippen LogP) is 3.51. The van der Waals surface area contributed by atoms with Gasteiger partial charge in [-0.1, -0.05) is 15.9 Å². The molecule has 1 aromatic carbocycles. The van der Waals surface area contributed by atoms with Crippen LogP contribution < -0.4 is 4.74 Å². The molecule has 0 aromatic heterocycles. The molecule has 0 saturated heterocycles. The van der Waals surface area contributed by atoms with Crippen molar-refractivity contribution in [3.8, 4) is 5.75 Å². The Morgan fingerprint density at radius 1 is 1.38 bits per heavy atom. The first kappa shape index (κ1) is 13.0. The zero-order valence-corrected chi connectivity index (χ0v) is 10.1. The number of alkyl halides is 3. The van der Waals surface area contributed by atoms with Crippen LogP contribution in [0.3, 0.4) is 0 Å². The van der Waals surface area contributed by atoms with Crippen LogP contribution >= 0.6 is 15.9 Å². The number of halogens is 4. The molecular formula is C10H8BrF3O2. The van der Waals surface area contributed by atoms with Crippen LogP contribution in [-0.2, 0) is 0 Å². The lowest BCUT2D eigenvalue weighted by Gasteiger charge is -2.11. The summed E-state index contributed by atoms with van der Waals surface area (Å²) in [7, 11) is 1.22. The Balaban J connectivity index is 3.33. The second kappa shape index (κ2) is 4.45. The summed E-state index contributed by atoms with van der Waals surface area (Å²) >= 11 is 3.07. The first-order chi connectivity index (χ1) is 7.27. The van der Waals surface area contributed by atoms with Crippen molar-refractivity contribution in [1.82, 2.24) is 0 Å². The van der Waals surface area contributed by atoms with Crippen molar-refractivity contribution in [2.75, 3.05) is 7.11 Å². The molecular weight excluding hydrogens is 289 g/mol. The number of hydrogen-bond acceptors (Lipinski definition) is 2. The van der Waals surface area contributed by atoms with Gasteiger partial charge >= 0.3 is 6.18 Å². The van der Waals surface area contributed by atoms with Crippen molar-refractivity contribution in [2.24, 2.45) is 0 Å². The summed E-state index contributed by atoms with van der Waals surface area (Å²) in [6.07, 6.45) is -4.90. The normalized spacial score (nSPS) is 11.4. The number of carbonyl (C=O) groups excluding carboxylic acids is 1. The maximum Gasteiger partial charge on any atom is 0.455 e. The Kier molecular flexibility index (Phi) is 3.62. The summed E-state index contributed by atoms with van der Waals surface area (Å²) in [6, 6.07) is 2.49. The molecule has 0 amide bonds. The molecule has 6 heteroatoms. The number of ketones is 1. The summed E-state index contributed by atoms with van der Waals surface area (Å²) in [6.45, 7) is 1.69. The minimum atomic E-state index is -4.90. The first-order valence-corrected chi connectivity index (χ1v) is 5.02. The van der Waals surface area contributed by atoms with E-state index in [-0.39, 0.29) is 5.75 Å². The van der Waals surface area contributed by atoms with Crippen LogP contribution in [0.15, 0.2) is 16.6 Å². The van der Waals surface area contributed by atoms with E-state index >= 15 is 0 Å². The fraction of sp³-hybridized carbons (Fsp3) is 0.300. The molecule has 0 aliphatic heterocycles. The van der Waals surface area contributed by atoms with Gasteiger partial charge in [0.15, 0.2) is 0 Å². The number of rotatable bonds is 2. The monoisotopic (exact) mass is 296 g/mol. The predicted molar refractivity (Wildman–Crippen MR) is 55.8 cm³/mol. The van der Waals surface area contributed by atoms with Gasteiger partial charge in [-0.05, 0) is 24.6 Å². The Morgan fingerprint density at radius 2 is 1.94 bits per heavy atom. The van der Waals surface area contributed by atoms with E-state index in [1.54, 1.807) is 6.92 Å². The van der Waals surface area contributed by atoms with Gasteiger partial charge in [0.25, 0.3) is 5.78 Å². The molecule has 0 saturated carbocycles. The molecule has 0 heterocycles. The third-order valence-electron chi connectivity index (χ3n) is 1.98. The molecule has 1 rings (SSSR count). The fourth-order valence-electron chi connectivity index (χ4n) is 1.15.